The molecule has 0 spiro atoms. The Hall–Kier alpha value is -1.53. The van der Waals surface area contributed by atoms with Crippen molar-refractivity contribution in [3.8, 4) is 0 Å². The Morgan fingerprint density at radius 1 is 1.08 bits per heavy atom. The van der Waals surface area contributed by atoms with Gasteiger partial charge in [0, 0.05) is 13.3 Å². The Morgan fingerprint density at radius 2 is 1.79 bits per heavy atom. The monoisotopic (exact) mass is 540 g/mol. The zero-order chi connectivity index (χ0) is 28.1. The summed E-state index contributed by atoms with van der Waals surface area (Å²) in [6.07, 6.45) is 8.69. The van der Waals surface area contributed by atoms with Gasteiger partial charge in [0.15, 0.2) is 0 Å². The van der Waals surface area contributed by atoms with E-state index < -0.39 is 17.7 Å². The van der Waals surface area contributed by atoms with E-state index in [4.69, 9.17) is 9.47 Å². The minimum atomic E-state index is -4.95. The first kappa shape index (κ1) is 29.5. The zero-order valence-electron chi connectivity index (χ0n) is 24.1. The number of ether oxygens (including phenoxy) is 2. The highest BCUT2D eigenvalue weighted by atomic mass is 19.4. The van der Waals surface area contributed by atoms with Crippen molar-refractivity contribution in [1.82, 2.24) is 0 Å². The molecule has 0 radical (unpaired) electrons. The van der Waals surface area contributed by atoms with Gasteiger partial charge in [0.2, 0.25) is 0 Å². The molecule has 3 fully saturated rings. The maximum atomic E-state index is 12.6. The number of esters is 2. The van der Waals surface area contributed by atoms with Crippen LogP contribution in [0.5, 0.6) is 0 Å². The third kappa shape index (κ3) is 5.68. The van der Waals surface area contributed by atoms with Crippen molar-refractivity contribution >= 4 is 11.9 Å². The van der Waals surface area contributed by atoms with Gasteiger partial charge in [-0.3, -0.25) is 4.79 Å². The van der Waals surface area contributed by atoms with E-state index in [1.54, 1.807) is 13.8 Å². The molecule has 4 nitrogen and oxygen atoms in total. The van der Waals surface area contributed by atoms with E-state index in [-0.39, 0.29) is 17.5 Å². The molecular formula is C31H47F3O4. The Balaban J connectivity index is 1.37. The van der Waals surface area contributed by atoms with Crippen LogP contribution >= 0.6 is 0 Å². The number of rotatable bonds is 7. The van der Waals surface area contributed by atoms with Crippen LogP contribution in [-0.4, -0.2) is 29.8 Å². The quantitative estimate of drug-likeness (QED) is 0.241. The molecule has 0 aromatic carbocycles. The number of halogens is 3. The average Bonchev–Trinajstić information content (AvgIpc) is 3.15. The maximum Gasteiger partial charge on any atom is 0.490 e. The molecular weight excluding hydrogens is 493 g/mol. The van der Waals surface area contributed by atoms with Gasteiger partial charge in [-0.2, -0.15) is 13.2 Å². The second-order valence-electron chi connectivity index (χ2n) is 14.0. The molecule has 0 unspecified atom stereocenters. The highest BCUT2D eigenvalue weighted by Gasteiger charge is 2.59. The van der Waals surface area contributed by atoms with Crippen molar-refractivity contribution < 1.29 is 32.2 Å². The van der Waals surface area contributed by atoms with Crippen molar-refractivity contribution in [3.05, 3.63) is 11.6 Å². The van der Waals surface area contributed by atoms with Gasteiger partial charge in [0.1, 0.15) is 11.7 Å². The highest BCUT2D eigenvalue weighted by Crippen LogP contribution is 2.67. The van der Waals surface area contributed by atoms with Gasteiger partial charge in [-0.05, 0) is 112 Å². The number of hydrogen-bond donors (Lipinski definition) is 0. The first-order valence-corrected chi connectivity index (χ1v) is 14.7. The Labute approximate surface area is 226 Å². The maximum absolute atomic E-state index is 12.6. The molecule has 0 saturated heterocycles. The normalized spacial score (nSPS) is 37.8. The van der Waals surface area contributed by atoms with Crippen molar-refractivity contribution in [1.29, 1.82) is 0 Å². The molecule has 0 bridgehead atoms. The van der Waals surface area contributed by atoms with Crippen molar-refractivity contribution in [2.24, 2.45) is 40.4 Å². The summed E-state index contributed by atoms with van der Waals surface area (Å²) in [5, 5.41) is 0. The van der Waals surface area contributed by atoms with Crippen LogP contribution in [0.1, 0.15) is 112 Å². The van der Waals surface area contributed by atoms with Gasteiger partial charge in [0.25, 0.3) is 0 Å². The fraction of sp³-hybridized carbons (Fsp3) is 0.871. The molecule has 0 aromatic heterocycles. The predicted octanol–water partition coefficient (Wildman–Crippen LogP) is 8.19. The number of carbonyl (C=O) groups is 2. The van der Waals surface area contributed by atoms with E-state index in [0.29, 0.717) is 41.4 Å². The van der Waals surface area contributed by atoms with Crippen LogP contribution in [0.25, 0.3) is 0 Å². The third-order valence-electron chi connectivity index (χ3n) is 11.2. The smallest absolute Gasteiger partial charge is 0.462 e. The van der Waals surface area contributed by atoms with E-state index in [2.05, 4.69) is 26.8 Å². The highest BCUT2D eigenvalue weighted by molar-refractivity contribution is 5.76. The SMILES string of the molecule is CC(=O)O[C@H]1CC[C@@]2(C)C(=CC[C@H]3[C@@H]4CC[C@H]([C@H](C)CCCC(C)(C)OC(=O)C(F)(F)F)[C@@]4(C)CC[C@@H]32)C1. The molecule has 4 aliphatic carbocycles. The summed E-state index contributed by atoms with van der Waals surface area (Å²) in [6, 6.07) is 0. The fourth-order valence-corrected chi connectivity index (χ4v) is 9.35. The van der Waals surface area contributed by atoms with Crippen molar-refractivity contribution in [2.75, 3.05) is 0 Å². The standard InChI is InChI=1S/C31H47F3O4/c1-19(8-7-15-28(3,4)38-27(36)31(32,33)34)24-11-12-25-23-10-9-21-18-22(37-20(2)35)13-16-29(21,5)26(23)14-17-30(24,25)6/h9,19,22-26H,7-8,10-18H2,1-6H3/t19-,22+,23+,24-,25+,26+,29+,30-/m1/s1. The summed E-state index contributed by atoms with van der Waals surface area (Å²) in [4.78, 5) is 22.8. The lowest BCUT2D eigenvalue weighted by Gasteiger charge is -2.58. The molecule has 8 atom stereocenters. The molecule has 7 heteroatoms. The number of allylic oxidation sites excluding steroid dienone is 1. The number of hydrogen-bond acceptors (Lipinski definition) is 4. The van der Waals surface area contributed by atoms with Gasteiger partial charge in [-0.1, -0.05) is 38.8 Å². The van der Waals surface area contributed by atoms with Crippen LogP contribution in [0.3, 0.4) is 0 Å². The van der Waals surface area contributed by atoms with Crippen LogP contribution < -0.4 is 0 Å². The fourth-order valence-electron chi connectivity index (χ4n) is 9.35. The van der Waals surface area contributed by atoms with Gasteiger partial charge in [0.05, 0.1) is 0 Å². The van der Waals surface area contributed by atoms with Crippen molar-refractivity contribution in [3.63, 3.8) is 0 Å². The first-order valence-electron chi connectivity index (χ1n) is 14.7. The Morgan fingerprint density at radius 3 is 2.45 bits per heavy atom. The molecule has 0 aliphatic heterocycles. The minimum absolute atomic E-state index is 0.0240. The van der Waals surface area contributed by atoms with E-state index in [0.717, 1.165) is 38.5 Å². The summed E-state index contributed by atoms with van der Waals surface area (Å²) >= 11 is 0. The third-order valence-corrected chi connectivity index (χ3v) is 11.2. The Kier molecular flexibility index (Phi) is 8.11. The van der Waals surface area contributed by atoms with Gasteiger partial charge < -0.3 is 9.47 Å². The van der Waals surface area contributed by atoms with Crippen LogP contribution in [-0.2, 0) is 19.1 Å². The summed E-state index contributed by atoms with van der Waals surface area (Å²) < 4.78 is 48.2. The molecule has 0 amide bonds. The lowest BCUT2D eigenvalue weighted by molar-refractivity contribution is -0.212. The minimum Gasteiger partial charge on any atom is -0.462 e. The summed E-state index contributed by atoms with van der Waals surface area (Å²) in [5.74, 6) is 0.920. The number of fused-ring (bicyclic) bond motifs is 5. The first-order chi connectivity index (χ1) is 17.6. The van der Waals surface area contributed by atoms with Gasteiger partial charge >= 0.3 is 18.1 Å². The lowest BCUT2D eigenvalue weighted by atomic mass is 9.47. The zero-order valence-corrected chi connectivity index (χ0v) is 24.1. The molecule has 4 rings (SSSR count). The van der Waals surface area contributed by atoms with Crippen molar-refractivity contribution in [2.45, 2.75) is 130 Å². The molecule has 0 heterocycles. The molecule has 4 aliphatic rings. The second-order valence-corrected chi connectivity index (χ2v) is 14.0. The summed E-state index contributed by atoms with van der Waals surface area (Å²) in [7, 11) is 0. The van der Waals surface area contributed by atoms with Gasteiger partial charge in [-0.25, -0.2) is 4.79 Å². The largest absolute Gasteiger partial charge is 0.490 e. The average molecular weight is 541 g/mol. The molecule has 0 aromatic rings. The van der Waals surface area contributed by atoms with Crippen LogP contribution in [0.15, 0.2) is 11.6 Å². The summed E-state index contributed by atoms with van der Waals surface area (Å²) in [5.41, 5.74) is 0.902. The lowest BCUT2D eigenvalue weighted by Crippen LogP contribution is -2.51. The van der Waals surface area contributed by atoms with E-state index in [1.807, 2.05) is 0 Å². The topological polar surface area (TPSA) is 52.6 Å². The van der Waals surface area contributed by atoms with Crippen LogP contribution in [0.4, 0.5) is 13.2 Å². The van der Waals surface area contributed by atoms with E-state index >= 15 is 0 Å². The number of carbonyl (C=O) groups excluding carboxylic acids is 2. The Bertz CT molecular complexity index is 940. The van der Waals surface area contributed by atoms with E-state index in [1.165, 1.54) is 38.2 Å². The molecule has 3 saturated carbocycles. The number of alkyl halides is 3. The van der Waals surface area contributed by atoms with E-state index in [9.17, 15) is 22.8 Å². The molecule has 0 N–H and O–H groups in total. The molecule has 216 valence electrons. The van der Waals surface area contributed by atoms with Crippen LogP contribution in [0.2, 0.25) is 0 Å². The summed E-state index contributed by atoms with van der Waals surface area (Å²) in [6.45, 7) is 11.9. The van der Waals surface area contributed by atoms with Gasteiger partial charge in [-0.15, -0.1) is 0 Å². The second kappa shape index (κ2) is 10.5. The predicted molar refractivity (Wildman–Crippen MR) is 140 cm³/mol. The molecule has 38 heavy (non-hydrogen) atoms. The van der Waals surface area contributed by atoms with Crippen LogP contribution in [0, 0.1) is 40.4 Å².